The van der Waals surface area contributed by atoms with E-state index in [1.54, 1.807) is 0 Å². The van der Waals surface area contributed by atoms with Crippen molar-refractivity contribution >= 4 is 48.6 Å². The van der Waals surface area contributed by atoms with Crippen LogP contribution in [0.1, 0.15) is 0 Å². The Kier molecular flexibility index (Phi) is 11.7. The van der Waals surface area contributed by atoms with Crippen LogP contribution in [0, 0.1) is 0 Å². The van der Waals surface area contributed by atoms with Crippen LogP contribution in [-0.4, -0.2) is 15.0 Å². The van der Waals surface area contributed by atoms with Crippen LogP contribution in [0.4, 0.5) is 17.1 Å². The molecule has 2 aromatic heterocycles. The van der Waals surface area contributed by atoms with E-state index in [2.05, 4.69) is 278 Å². The molecule has 0 bridgehead atoms. The van der Waals surface area contributed by atoms with Crippen LogP contribution in [0.5, 0.6) is 0 Å². The number of aromatic nitrogens is 3. The van der Waals surface area contributed by atoms with Crippen molar-refractivity contribution in [2.45, 2.75) is 0 Å². The number of hydrogen-bond acceptors (Lipinski definition) is 5. The molecule has 0 fully saturated rings. The van der Waals surface area contributed by atoms with Crippen molar-refractivity contribution in [2.75, 3.05) is 4.90 Å². The van der Waals surface area contributed by atoms with Crippen molar-refractivity contribution in [3.05, 3.63) is 279 Å². The van der Waals surface area contributed by atoms with Crippen molar-refractivity contribution in [1.29, 1.82) is 0 Å². The zero-order valence-corrected chi connectivity index (χ0v) is 41.1. The van der Waals surface area contributed by atoms with Crippen LogP contribution in [0.25, 0.3) is 110 Å². The number of thiophene rings is 1. The normalized spacial score (nSPS) is 11.2. The maximum absolute atomic E-state index is 5.51. The molecule has 0 radical (unpaired) electrons. The first-order valence-electron chi connectivity index (χ1n) is 24.9. The fourth-order valence-corrected chi connectivity index (χ4v) is 11.2. The van der Waals surface area contributed by atoms with Crippen LogP contribution in [0.3, 0.4) is 0 Å². The first kappa shape index (κ1) is 44.4. The van der Waals surface area contributed by atoms with Gasteiger partial charge in [-0.15, -0.1) is 11.3 Å². The molecule has 5 heteroatoms. The predicted molar refractivity (Wildman–Crippen MR) is 311 cm³/mol. The van der Waals surface area contributed by atoms with Crippen LogP contribution < -0.4 is 4.90 Å². The summed E-state index contributed by atoms with van der Waals surface area (Å²) in [6.45, 7) is 0. The Hall–Kier alpha value is -9.55. The summed E-state index contributed by atoms with van der Waals surface area (Å²) >= 11 is 1.83. The van der Waals surface area contributed by atoms with Gasteiger partial charge in [0.05, 0.1) is 5.69 Å². The molecule has 0 saturated carbocycles. The molecule has 0 amide bonds. The highest BCUT2D eigenvalue weighted by Crippen LogP contribution is 2.50. The smallest absolute Gasteiger partial charge is 0.164 e. The van der Waals surface area contributed by atoms with Crippen molar-refractivity contribution in [3.63, 3.8) is 0 Å². The Labute approximate surface area is 434 Å². The monoisotopic (exact) mass is 962 g/mol. The molecule has 0 atom stereocenters. The zero-order valence-electron chi connectivity index (χ0n) is 40.3. The second kappa shape index (κ2) is 19.6. The van der Waals surface area contributed by atoms with Gasteiger partial charge in [0.15, 0.2) is 17.5 Å². The molecule has 348 valence electrons. The van der Waals surface area contributed by atoms with Gasteiger partial charge >= 0.3 is 0 Å². The highest BCUT2D eigenvalue weighted by Gasteiger charge is 2.26. The van der Waals surface area contributed by atoms with Gasteiger partial charge in [0.1, 0.15) is 0 Å². The minimum atomic E-state index is 0.572. The number of benzene rings is 11. The van der Waals surface area contributed by atoms with Gasteiger partial charge in [0, 0.05) is 59.4 Å². The van der Waals surface area contributed by atoms with Gasteiger partial charge in [-0.1, -0.05) is 218 Å². The largest absolute Gasteiger partial charge is 0.309 e. The van der Waals surface area contributed by atoms with E-state index in [0.717, 1.165) is 89.4 Å². The molecule has 0 aliphatic rings. The third kappa shape index (κ3) is 8.72. The average molecular weight is 963 g/mol. The second-order valence-corrected chi connectivity index (χ2v) is 19.5. The van der Waals surface area contributed by atoms with Gasteiger partial charge < -0.3 is 4.90 Å². The summed E-state index contributed by atoms with van der Waals surface area (Å²) in [6, 6.07) is 99.1. The minimum Gasteiger partial charge on any atom is -0.309 e. The molecular weight excluding hydrogens is 917 g/mol. The predicted octanol–water partition coefficient (Wildman–Crippen LogP) is 19.0. The van der Waals surface area contributed by atoms with Gasteiger partial charge in [-0.05, 0) is 105 Å². The number of rotatable bonds is 11. The molecule has 13 aromatic rings. The lowest BCUT2D eigenvalue weighted by Gasteiger charge is -2.31. The van der Waals surface area contributed by atoms with Gasteiger partial charge in [0.2, 0.25) is 0 Å². The minimum absolute atomic E-state index is 0.572. The fourth-order valence-electron chi connectivity index (χ4n) is 10.1. The number of para-hydroxylation sites is 1. The number of anilines is 3. The quantitative estimate of drug-likeness (QED) is 0.130. The van der Waals surface area contributed by atoms with E-state index in [4.69, 9.17) is 15.0 Å². The van der Waals surface area contributed by atoms with Gasteiger partial charge in [-0.3, -0.25) is 0 Å². The number of hydrogen-bond donors (Lipinski definition) is 0. The Morgan fingerprint density at radius 3 is 1.15 bits per heavy atom. The standard InChI is InChI=1S/C69H46N4S/c1-7-21-47(22-8-1)50-35-37-53(38-36-50)67-70-68(56-42-54(48-23-9-2-10-24-48)41-55(43-56)49-25-11-3-12-26-49)72-69(71-67)57-44-62(51-27-13-4-14-28-51)66(63(45-57)52-29-15-5-16-30-52)73(58-31-17-6-18-32-58)59-39-40-61-60-33-19-20-34-64(60)74-65(61)46-59/h1-46H. The Balaban J connectivity index is 1.07. The molecule has 0 unspecified atom stereocenters. The summed E-state index contributed by atoms with van der Waals surface area (Å²) in [5.74, 6) is 1.74. The van der Waals surface area contributed by atoms with Gasteiger partial charge in [-0.25, -0.2) is 15.0 Å². The summed E-state index contributed by atoms with van der Waals surface area (Å²) in [4.78, 5) is 18.8. The van der Waals surface area contributed by atoms with Crippen molar-refractivity contribution in [1.82, 2.24) is 15.0 Å². The second-order valence-electron chi connectivity index (χ2n) is 18.4. The lowest BCUT2D eigenvalue weighted by molar-refractivity contribution is 1.07. The Morgan fingerprint density at radius 1 is 0.243 bits per heavy atom. The highest BCUT2D eigenvalue weighted by molar-refractivity contribution is 7.25. The van der Waals surface area contributed by atoms with Crippen LogP contribution >= 0.6 is 11.3 Å². The summed E-state index contributed by atoms with van der Waals surface area (Å²) in [7, 11) is 0. The lowest BCUT2D eigenvalue weighted by Crippen LogP contribution is -2.13. The molecular formula is C69H46N4S. The summed E-state index contributed by atoms with van der Waals surface area (Å²) < 4.78 is 2.51. The van der Waals surface area contributed by atoms with E-state index in [0.29, 0.717) is 17.5 Å². The summed E-state index contributed by atoms with van der Waals surface area (Å²) in [5.41, 5.74) is 16.7. The van der Waals surface area contributed by atoms with Crippen LogP contribution in [0.2, 0.25) is 0 Å². The molecule has 13 rings (SSSR count). The molecule has 74 heavy (non-hydrogen) atoms. The maximum Gasteiger partial charge on any atom is 0.164 e. The first-order chi connectivity index (χ1) is 36.7. The molecule has 0 aliphatic carbocycles. The maximum atomic E-state index is 5.51. The number of fused-ring (bicyclic) bond motifs is 3. The number of nitrogens with zero attached hydrogens (tertiary/aromatic N) is 4. The lowest BCUT2D eigenvalue weighted by atomic mass is 9.91. The van der Waals surface area contributed by atoms with Gasteiger partial charge in [-0.2, -0.15) is 0 Å². The van der Waals surface area contributed by atoms with E-state index in [1.807, 2.05) is 17.4 Å². The summed E-state index contributed by atoms with van der Waals surface area (Å²) in [5, 5.41) is 2.53. The van der Waals surface area contributed by atoms with Crippen LogP contribution in [-0.2, 0) is 0 Å². The SMILES string of the molecule is c1ccc(-c2ccc(-c3nc(-c4cc(-c5ccccc5)cc(-c5ccccc5)c4)nc(-c4cc(-c5ccccc5)c(N(c5ccccc5)c5ccc6c(c5)sc5ccccc56)c(-c5ccccc5)c4)n3)cc2)cc1. The fraction of sp³-hybridized carbons (Fsp3) is 0. The van der Waals surface area contributed by atoms with E-state index in [1.165, 1.54) is 20.2 Å². The first-order valence-corrected chi connectivity index (χ1v) is 25.7. The highest BCUT2D eigenvalue weighted by atomic mass is 32.1. The summed E-state index contributed by atoms with van der Waals surface area (Å²) in [6.07, 6.45) is 0. The van der Waals surface area contributed by atoms with Crippen LogP contribution in [0.15, 0.2) is 279 Å². The molecule has 4 nitrogen and oxygen atoms in total. The van der Waals surface area contributed by atoms with E-state index in [-0.39, 0.29) is 0 Å². The third-order valence-electron chi connectivity index (χ3n) is 13.7. The van der Waals surface area contributed by atoms with E-state index in [9.17, 15) is 0 Å². The molecule has 0 saturated heterocycles. The Bertz CT molecular complexity index is 3970. The van der Waals surface area contributed by atoms with E-state index < -0.39 is 0 Å². The third-order valence-corrected chi connectivity index (χ3v) is 14.8. The van der Waals surface area contributed by atoms with Crippen molar-refractivity contribution in [2.24, 2.45) is 0 Å². The van der Waals surface area contributed by atoms with E-state index >= 15 is 0 Å². The van der Waals surface area contributed by atoms with Crippen molar-refractivity contribution < 1.29 is 0 Å². The van der Waals surface area contributed by atoms with Gasteiger partial charge in [0.25, 0.3) is 0 Å². The Morgan fingerprint density at radius 2 is 0.622 bits per heavy atom. The van der Waals surface area contributed by atoms with Crippen molar-refractivity contribution in [3.8, 4) is 89.8 Å². The molecule has 2 heterocycles. The topological polar surface area (TPSA) is 41.9 Å². The zero-order chi connectivity index (χ0) is 49.2. The molecule has 0 spiro atoms. The molecule has 11 aromatic carbocycles. The average Bonchev–Trinajstić information content (AvgIpc) is 3.87. The molecule has 0 N–H and O–H groups in total. The molecule has 0 aliphatic heterocycles.